The van der Waals surface area contributed by atoms with Crippen LogP contribution in [0.2, 0.25) is 0 Å². The van der Waals surface area contributed by atoms with Crippen LogP contribution >= 0.6 is 0 Å². The van der Waals surface area contributed by atoms with E-state index in [1.807, 2.05) is 0 Å². The van der Waals surface area contributed by atoms with E-state index in [0.29, 0.717) is 0 Å². The Balaban J connectivity index is 3.01. The van der Waals surface area contributed by atoms with Crippen LogP contribution in [0.4, 0.5) is 0 Å². The van der Waals surface area contributed by atoms with E-state index in [2.05, 4.69) is 32.4 Å². The van der Waals surface area contributed by atoms with Gasteiger partial charge in [-0.25, -0.2) is 0 Å². The van der Waals surface area contributed by atoms with Gasteiger partial charge in [0, 0.05) is 0 Å². The first-order valence-electron chi connectivity index (χ1n) is 8.84. The summed E-state index contributed by atoms with van der Waals surface area (Å²) in [6.07, 6.45) is 26.6. The molecule has 113 valence electrons. The van der Waals surface area contributed by atoms with Gasteiger partial charge < -0.3 is 0 Å². The van der Waals surface area contributed by atoms with Gasteiger partial charge in [0.05, 0.1) is 0 Å². The Labute approximate surface area is 123 Å². The predicted octanol–water partition coefficient (Wildman–Crippen LogP) is 7.25. The molecule has 0 N–H and O–H groups in total. The van der Waals surface area contributed by atoms with Crippen LogP contribution in [-0.2, 0) is 0 Å². The zero-order valence-corrected chi connectivity index (χ0v) is 13.6. The van der Waals surface area contributed by atoms with Gasteiger partial charge in [-0.2, -0.15) is 0 Å². The minimum Gasteiger partial charge on any atom is -0.0885 e. The lowest BCUT2D eigenvalue weighted by Crippen LogP contribution is -1.79. The number of hydrogen-bond donors (Lipinski definition) is 0. The molecule has 1 radical (unpaired) electrons. The molecule has 0 aliphatic rings. The van der Waals surface area contributed by atoms with Gasteiger partial charge >= 0.3 is 0 Å². The molecule has 0 heteroatoms. The molecular formula is C19H37. The maximum Gasteiger partial charge on any atom is -0.0351 e. The number of rotatable bonds is 15. The lowest BCUT2D eigenvalue weighted by Gasteiger charge is -1.99. The fourth-order valence-corrected chi connectivity index (χ4v) is 2.42. The van der Waals surface area contributed by atoms with E-state index in [0.717, 1.165) is 0 Å². The molecule has 0 aromatic heterocycles. The van der Waals surface area contributed by atoms with Gasteiger partial charge in [0.25, 0.3) is 0 Å². The Morgan fingerprint density at radius 3 is 1.42 bits per heavy atom. The van der Waals surface area contributed by atoms with E-state index >= 15 is 0 Å². The van der Waals surface area contributed by atoms with Crippen LogP contribution in [0.15, 0.2) is 12.2 Å². The van der Waals surface area contributed by atoms with Gasteiger partial charge in [-0.3, -0.25) is 0 Å². The number of hydrogen-bond acceptors (Lipinski definition) is 0. The van der Waals surface area contributed by atoms with Crippen molar-refractivity contribution >= 4 is 0 Å². The van der Waals surface area contributed by atoms with Crippen LogP contribution in [0, 0.1) is 6.42 Å². The number of unbranched alkanes of at least 4 members (excludes halogenated alkanes) is 13. The molecule has 0 fully saturated rings. The molecule has 0 aliphatic carbocycles. The van der Waals surface area contributed by atoms with Crippen LogP contribution in [0.3, 0.4) is 0 Å². The SMILES string of the molecule is C[CH]CCCCCCC/C=C\CCCCCCCC. The molecule has 0 aromatic carbocycles. The van der Waals surface area contributed by atoms with E-state index in [4.69, 9.17) is 0 Å². The largest absolute Gasteiger partial charge is 0.0885 e. The van der Waals surface area contributed by atoms with Crippen molar-refractivity contribution in [1.82, 2.24) is 0 Å². The van der Waals surface area contributed by atoms with Crippen molar-refractivity contribution in [3.63, 3.8) is 0 Å². The predicted molar refractivity (Wildman–Crippen MR) is 89.4 cm³/mol. The molecule has 19 heavy (non-hydrogen) atoms. The second kappa shape index (κ2) is 17.7. The molecule has 0 aromatic rings. The maximum absolute atomic E-state index is 2.41. The molecule has 0 rings (SSSR count). The second-order valence-electron chi connectivity index (χ2n) is 5.78. The molecule has 0 nitrogen and oxygen atoms in total. The Morgan fingerprint density at radius 1 is 0.526 bits per heavy atom. The van der Waals surface area contributed by atoms with E-state index < -0.39 is 0 Å². The first-order valence-corrected chi connectivity index (χ1v) is 8.84. The monoisotopic (exact) mass is 265 g/mol. The molecule has 0 saturated carbocycles. The van der Waals surface area contributed by atoms with E-state index in [1.54, 1.807) is 0 Å². The van der Waals surface area contributed by atoms with Crippen LogP contribution < -0.4 is 0 Å². The summed E-state index contributed by atoms with van der Waals surface area (Å²) in [5.74, 6) is 0. The first kappa shape index (κ1) is 18.7. The highest BCUT2D eigenvalue weighted by atomic mass is 14.0. The van der Waals surface area contributed by atoms with E-state index in [1.165, 1.54) is 89.9 Å². The molecule has 0 spiro atoms. The zero-order valence-electron chi connectivity index (χ0n) is 13.6. The lowest BCUT2D eigenvalue weighted by atomic mass is 10.1. The Bertz CT molecular complexity index is 169. The fourth-order valence-electron chi connectivity index (χ4n) is 2.42. The van der Waals surface area contributed by atoms with Crippen molar-refractivity contribution in [1.29, 1.82) is 0 Å². The third-order valence-corrected chi connectivity index (χ3v) is 3.75. The third kappa shape index (κ3) is 17.7. The molecule has 0 heterocycles. The molecule has 0 aliphatic heterocycles. The smallest absolute Gasteiger partial charge is 0.0351 e. The highest BCUT2D eigenvalue weighted by Gasteiger charge is 1.90. The van der Waals surface area contributed by atoms with Crippen molar-refractivity contribution in [3.05, 3.63) is 18.6 Å². The topological polar surface area (TPSA) is 0 Å². The summed E-state index contributed by atoms with van der Waals surface area (Å²) < 4.78 is 0. The molecule has 0 unspecified atom stereocenters. The first-order chi connectivity index (χ1) is 9.41. The van der Waals surface area contributed by atoms with Crippen LogP contribution in [-0.4, -0.2) is 0 Å². The molecule has 0 atom stereocenters. The summed E-state index contributed by atoms with van der Waals surface area (Å²) in [5.41, 5.74) is 0. The van der Waals surface area contributed by atoms with Crippen LogP contribution in [0.1, 0.15) is 104 Å². The lowest BCUT2D eigenvalue weighted by molar-refractivity contribution is 0.608. The van der Waals surface area contributed by atoms with Gasteiger partial charge in [-0.05, 0) is 32.1 Å². The Hall–Kier alpha value is -0.260. The summed E-state index contributed by atoms with van der Waals surface area (Å²) in [6, 6.07) is 0. The molecule has 0 amide bonds. The Morgan fingerprint density at radius 2 is 0.947 bits per heavy atom. The standard InChI is InChI=1S/C19H37/c1-3-5-7-9-11-13-15-17-19-18-16-14-12-10-8-6-4-2/h3,18-19H,4-17H2,1-2H3/b19-18-. The summed E-state index contributed by atoms with van der Waals surface area (Å²) in [7, 11) is 0. The third-order valence-electron chi connectivity index (χ3n) is 3.75. The quantitative estimate of drug-likeness (QED) is 0.216. The Kier molecular flexibility index (Phi) is 17.5. The minimum atomic E-state index is 1.30. The number of allylic oxidation sites excluding steroid dienone is 2. The average Bonchev–Trinajstić information content (AvgIpc) is 2.43. The van der Waals surface area contributed by atoms with Crippen molar-refractivity contribution in [2.75, 3.05) is 0 Å². The zero-order chi connectivity index (χ0) is 14.0. The van der Waals surface area contributed by atoms with Gasteiger partial charge in [-0.15, -0.1) is 0 Å². The fraction of sp³-hybridized carbons (Fsp3) is 0.842. The summed E-state index contributed by atoms with van der Waals surface area (Å²) in [4.78, 5) is 0. The van der Waals surface area contributed by atoms with E-state index in [-0.39, 0.29) is 0 Å². The van der Waals surface area contributed by atoms with Gasteiger partial charge in [0.15, 0.2) is 0 Å². The normalized spacial score (nSPS) is 11.5. The highest BCUT2D eigenvalue weighted by molar-refractivity contribution is 4.81. The highest BCUT2D eigenvalue weighted by Crippen LogP contribution is 2.10. The summed E-state index contributed by atoms with van der Waals surface area (Å²) in [5, 5.41) is 0. The second-order valence-corrected chi connectivity index (χ2v) is 5.78. The van der Waals surface area contributed by atoms with Crippen molar-refractivity contribution in [3.8, 4) is 0 Å². The maximum atomic E-state index is 2.41. The van der Waals surface area contributed by atoms with Gasteiger partial charge in [0.2, 0.25) is 0 Å². The van der Waals surface area contributed by atoms with Crippen molar-refractivity contribution in [2.24, 2.45) is 0 Å². The van der Waals surface area contributed by atoms with Gasteiger partial charge in [0.1, 0.15) is 0 Å². The van der Waals surface area contributed by atoms with Gasteiger partial charge in [-0.1, -0.05) is 90.2 Å². The van der Waals surface area contributed by atoms with Crippen LogP contribution in [0.25, 0.3) is 0 Å². The molecule has 0 bridgehead atoms. The molecular weight excluding hydrogens is 228 g/mol. The summed E-state index contributed by atoms with van der Waals surface area (Å²) in [6.45, 7) is 4.44. The van der Waals surface area contributed by atoms with Crippen molar-refractivity contribution < 1.29 is 0 Å². The molecule has 0 saturated heterocycles. The average molecular weight is 266 g/mol. The van der Waals surface area contributed by atoms with E-state index in [9.17, 15) is 0 Å². The summed E-state index contributed by atoms with van der Waals surface area (Å²) >= 11 is 0. The van der Waals surface area contributed by atoms with Crippen molar-refractivity contribution in [2.45, 2.75) is 104 Å². The van der Waals surface area contributed by atoms with Crippen LogP contribution in [0.5, 0.6) is 0 Å². The minimum absolute atomic E-state index is 1.30.